The van der Waals surface area contributed by atoms with Crippen LogP contribution < -0.4 is 9.13 Å². The van der Waals surface area contributed by atoms with Crippen LogP contribution in [0.3, 0.4) is 0 Å². The SMILES string of the molecule is c1cc[n+](CCSCCSCCSCC[n+]2cccc3ccccc32)cc1. The van der Waals surface area contributed by atoms with E-state index in [-0.39, 0.29) is 0 Å². The van der Waals surface area contributed by atoms with Crippen molar-refractivity contribution in [2.45, 2.75) is 13.1 Å². The molecule has 0 radical (unpaired) electrons. The minimum atomic E-state index is 1.09. The minimum Gasteiger partial charge on any atom is -0.204 e. The number of rotatable bonds is 12. The molecule has 0 saturated heterocycles. The Morgan fingerprint density at radius 1 is 0.556 bits per heavy atom. The Balaban J connectivity index is 1.19. The standard InChI is InChI=1S/C22H28N2S3/c1-4-10-23(11-5-1)13-15-25-17-19-27-20-18-26-16-14-24-12-6-8-21-7-2-3-9-22(21)24/h1-12H,13-20H2/q+2. The molecule has 0 spiro atoms. The molecule has 142 valence electrons. The van der Waals surface area contributed by atoms with Crippen LogP contribution in [0, 0.1) is 0 Å². The molecular formula is C22H28N2S3+2. The Labute approximate surface area is 175 Å². The Kier molecular flexibility index (Phi) is 9.38. The molecular weight excluding hydrogens is 388 g/mol. The molecule has 1 aromatic carbocycles. The second-order valence-electron chi connectivity index (χ2n) is 6.21. The van der Waals surface area contributed by atoms with Crippen molar-refractivity contribution in [3.8, 4) is 0 Å². The predicted octanol–water partition coefficient (Wildman–Crippen LogP) is 4.31. The molecule has 0 aliphatic carbocycles. The number of benzene rings is 1. The quantitative estimate of drug-likeness (QED) is 0.321. The fraction of sp³-hybridized carbons (Fsp3) is 0.364. The van der Waals surface area contributed by atoms with Crippen molar-refractivity contribution in [1.82, 2.24) is 0 Å². The topological polar surface area (TPSA) is 7.76 Å². The highest BCUT2D eigenvalue weighted by molar-refractivity contribution is 8.04. The molecule has 0 aliphatic heterocycles. The van der Waals surface area contributed by atoms with E-state index in [9.17, 15) is 0 Å². The summed E-state index contributed by atoms with van der Waals surface area (Å²) in [6.07, 6.45) is 6.48. The van der Waals surface area contributed by atoms with Gasteiger partial charge < -0.3 is 0 Å². The maximum atomic E-state index is 2.37. The Morgan fingerprint density at radius 2 is 1.19 bits per heavy atom. The van der Waals surface area contributed by atoms with Crippen LogP contribution in [0.15, 0.2) is 73.2 Å². The van der Waals surface area contributed by atoms with E-state index >= 15 is 0 Å². The van der Waals surface area contributed by atoms with E-state index in [4.69, 9.17) is 0 Å². The van der Waals surface area contributed by atoms with Crippen LogP contribution in [-0.2, 0) is 13.1 Å². The molecule has 27 heavy (non-hydrogen) atoms. The van der Waals surface area contributed by atoms with Gasteiger partial charge in [0.15, 0.2) is 31.7 Å². The summed E-state index contributed by atoms with van der Waals surface area (Å²) in [6, 6.07) is 19.2. The van der Waals surface area contributed by atoms with Crippen molar-refractivity contribution in [3.05, 3.63) is 73.2 Å². The van der Waals surface area contributed by atoms with E-state index in [1.54, 1.807) is 0 Å². The zero-order valence-electron chi connectivity index (χ0n) is 15.7. The van der Waals surface area contributed by atoms with E-state index in [1.807, 2.05) is 0 Å². The number of thioether (sulfide) groups is 3. The largest absolute Gasteiger partial charge is 0.212 e. The lowest BCUT2D eigenvalue weighted by atomic mass is 10.2. The number of pyridine rings is 2. The molecule has 0 unspecified atom stereocenters. The molecule has 0 saturated carbocycles. The number of hydrogen-bond acceptors (Lipinski definition) is 3. The van der Waals surface area contributed by atoms with E-state index in [1.165, 1.54) is 45.4 Å². The molecule has 0 aliphatic rings. The molecule has 0 fully saturated rings. The molecule has 2 heterocycles. The second kappa shape index (κ2) is 12.3. The third-order valence-electron chi connectivity index (χ3n) is 4.28. The van der Waals surface area contributed by atoms with Crippen LogP contribution in [-0.4, -0.2) is 34.5 Å². The summed E-state index contributed by atoms with van der Waals surface area (Å²) in [5.41, 5.74) is 1.33. The average Bonchev–Trinajstić information content (AvgIpc) is 2.73. The highest BCUT2D eigenvalue weighted by atomic mass is 32.2. The van der Waals surface area contributed by atoms with Crippen LogP contribution in [0.4, 0.5) is 0 Å². The highest BCUT2D eigenvalue weighted by Crippen LogP contribution is 2.11. The van der Waals surface area contributed by atoms with Gasteiger partial charge in [0.2, 0.25) is 5.52 Å². The van der Waals surface area contributed by atoms with Crippen LogP contribution in [0.5, 0.6) is 0 Å². The van der Waals surface area contributed by atoms with Gasteiger partial charge in [0, 0.05) is 52.7 Å². The number of hydrogen-bond donors (Lipinski definition) is 0. The van der Waals surface area contributed by atoms with Gasteiger partial charge in [0.1, 0.15) is 0 Å². The number of aromatic nitrogens is 2. The van der Waals surface area contributed by atoms with Crippen LogP contribution >= 0.6 is 35.3 Å². The number of para-hydroxylation sites is 1. The van der Waals surface area contributed by atoms with Gasteiger partial charge in [-0.15, -0.1) is 0 Å². The van der Waals surface area contributed by atoms with Crippen LogP contribution in [0.25, 0.3) is 10.9 Å². The Morgan fingerprint density at radius 3 is 1.96 bits per heavy atom. The first-order valence-corrected chi connectivity index (χ1v) is 12.9. The highest BCUT2D eigenvalue weighted by Gasteiger charge is 2.06. The fourth-order valence-electron chi connectivity index (χ4n) is 2.87. The van der Waals surface area contributed by atoms with Gasteiger partial charge in [-0.25, -0.2) is 4.57 Å². The first-order chi connectivity index (χ1) is 13.4. The van der Waals surface area contributed by atoms with Crippen molar-refractivity contribution in [1.29, 1.82) is 0 Å². The monoisotopic (exact) mass is 416 g/mol. The lowest BCUT2D eigenvalue weighted by Gasteiger charge is -2.03. The van der Waals surface area contributed by atoms with Gasteiger partial charge in [0.05, 0.1) is 11.5 Å². The molecule has 0 atom stereocenters. The van der Waals surface area contributed by atoms with E-state index in [0.717, 1.165) is 13.1 Å². The summed E-state index contributed by atoms with van der Waals surface area (Å²) in [6.45, 7) is 2.20. The zero-order chi connectivity index (χ0) is 18.6. The predicted molar refractivity (Wildman–Crippen MR) is 123 cm³/mol. The fourth-order valence-corrected chi connectivity index (χ4v) is 6.04. The first kappa shape index (κ1) is 20.6. The minimum absolute atomic E-state index is 1.09. The van der Waals surface area contributed by atoms with E-state index in [2.05, 4.69) is 118 Å². The van der Waals surface area contributed by atoms with Crippen molar-refractivity contribution in [3.63, 3.8) is 0 Å². The first-order valence-electron chi connectivity index (χ1n) is 9.48. The number of nitrogens with zero attached hydrogens (tertiary/aromatic N) is 2. The maximum absolute atomic E-state index is 2.37. The molecule has 2 nitrogen and oxygen atoms in total. The summed E-state index contributed by atoms with van der Waals surface area (Å²) in [7, 11) is 0. The van der Waals surface area contributed by atoms with Gasteiger partial charge in [-0.1, -0.05) is 18.2 Å². The Hall–Kier alpha value is -1.17. The maximum Gasteiger partial charge on any atom is 0.212 e. The summed E-state index contributed by atoms with van der Waals surface area (Å²) >= 11 is 6.23. The average molecular weight is 417 g/mol. The molecule has 3 aromatic rings. The molecule has 3 rings (SSSR count). The van der Waals surface area contributed by atoms with Crippen molar-refractivity contribution in [2.24, 2.45) is 0 Å². The normalized spacial score (nSPS) is 11.1. The third-order valence-corrected chi connectivity index (χ3v) is 7.71. The molecule has 0 bridgehead atoms. The molecule has 0 N–H and O–H groups in total. The summed E-state index contributed by atoms with van der Waals surface area (Å²) < 4.78 is 4.63. The van der Waals surface area contributed by atoms with Gasteiger partial charge in [0.25, 0.3) is 0 Å². The van der Waals surface area contributed by atoms with Crippen LogP contribution in [0.1, 0.15) is 0 Å². The van der Waals surface area contributed by atoms with E-state index < -0.39 is 0 Å². The smallest absolute Gasteiger partial charge is 0.204 e. The van der Waals surface area contributed by atoms with Gasteiger partial charge in [-0.3, -0.25) is 0 Å². The third kappa shape index (κ3) is 7.40. The number of aryl methyl sites for hydroxylation is 2. The van der Waals surface area contributed by atoms with E-state index in [0.29, 0.717) is 0 Å². The summed E-state index contributed by atoms with van der Waals surface area (Å²) in [5, 5.41) is 1.32. The zero-order valence-corrected chi connectivity index (χ0v) is 18.2. The van der Waals surface area contributed by atoms with Gasteiger partial charge >= 0.3 is 0 Å². The number of fused-ring (bicyclic) bond motifs is 1. The molecule has 5 heteroatoms. The lowest BCUT2D eigenvalue weighted by Crippen LogP contribution is -2.35. The van der Waals surface area contributed by atoms with Crippen molar-refractivity contribution < 1.29 is 9.13 Å². The van der Waals surface area contributed by atoms with Crippen molar-refractivity contribution in [2.75, 3.05) is 34.5 Å². The second-order valence-corrected chi connectivity index (χ2v) is 9.89. The van der Waals surface area contributed by atoms with Gasteiger partial charge in [-0.2, -0.15) is 39.9 Å². The summed E-state index contributed by atoms with van der Waals surface area (Å²) in [5.74, 6) is 7.42. The lowest BCUT2D eigenvalue weighted by molar-refractivity contribution is -0.692. The summed E-state index contributed by atoms with van der Waals surface area (Å²) in [4.78, 5) is 0. The Bertz CT molecular complexity index is 790. The van der Waals surface area contributed by atoms with Crippen molar-refractivity contribution >= 4 is 46.2 Å². The van der Waals surface area contributed by atoms with Gasteiger partial charge in [-0.05, 0) is 12.1 Å². The van der Waals surface area contributed by atoms with Crippen LogP contribution in [0.2, 0.25) is 0 Å². The molecule has 0 amide bonds. The molecule has 2 aromatic heterocycles.